The number of hydrogen-bond donors (Lipinski definition) is 1. The van der Waals surface area contributed by atoms with Gasteiger partial charge in [0, 0.05) is 32.2 Å². The van der Waals surface area contributed by atoms with Crippen LogP contribution in [0.15, 0.2) is 34.9 Å². The Bertz CT molecular complexity index is 812. The van der Waals surface area contributed by atoms with Gasteiger partial charge in [-0.3, -0.25) is 14.5 Å². The van der Waals surface area contributed by atoms with E-state index in [1.54, 1.807) is 17.9 Å². The summed E-state index contributed by atoms with van der Waals surface area (Å²) in [4.78, 5) is 28.3. The Morgan fingerprint density at radius 2 is 1.96 bits per heavy atom. The smallest absolute Gasteiger partial charge is 0.260 e. The lowest BCUT2D eigenvalue weighted by atomic mass is 10.1. The third-order valence-corrected chi connectivity index (χ3v) is 4.69. The highest BCUT2D eigenvalue weighted by molar-refractivity contribution is 5.91. The van der Waals surface area contributed by atoms with Gasteiger partial charge in [-0.15, -0.1) is 0 Å². The molecule has 1 fully saturated rings. The molecule has 0 spiro atoms. The molecular weight excluding hydrogens is 360 g/mol. The van der Waals surface area contributed by atoms with Crippen molar-refractivity contribution in [2.45, 2.75) is 20.3 Å². The van der Waals surface area contributed by atoms with E-state index in [9.17, 15) is 9.59 Å². The fourth-order valence-corrected chi connectivity index (χ4v) is 3.13. The third kappa shape index (κ3) is 5.32. The van der Waals surface area contributed by atoms with Gasteiger partial charge in [-0.25, -0.2) is 0 Å². The third-order valence-electron chi connectivity index (χ3n) is 4.69. The van der Waals surface area contributed by atoms with Gasteiger partial charge in [0.15, 0.2) is 12.4 Å². The second-order valence-corrected chi connectivity index (χ2v) is 6.78. The van der Waals surface area contributed by atoms with Crippen molar-refractivity contribution in [3.05, 3.63) is 41.7 Å². The molecule has 2 heterocycles. The number of para-hydroxylation sites is 1. The van der Waals surface area contributed by atoms with Gasteiger partial charge >= 0.3 is 0 Å². The van der Waals surface area contributed by atoms with Gasteiger partial charge in [0.2, 0.25) is 5.91 Å². The maximum absolute atomic E-state index is 12.4. The molecular formula is C20H26N4O4. The zero-order valence-electron chi connectivity index (χ0n) is 16.3. The summed E-state index contributed by atoms with van der Waals surface area (Å²) in [5.74, 6) is 1.64. The monoisotopic (exact) mass is 386 g/mol. The van der Waals surface area contributed by atoms with Crippen molar-refractivity contribution in [3.8, 4) is 5.75 Å². The lowest BCUT2D eigenvalue weighted by Gasteiger charge is -2.34. The summed E-state index contributed by atoms with van der Waals surface area (Å²) in [5, 5.41) is 6.46. The molecule has 0 aliphatic carbocycles. The normalized spacial score (nSPS) is 14.7. The summed E-state index contributed by atoms with van der Waals surface area (Å²) >= 11 is 0. The number of carbonyl (C=O) groups excluding carboxylic acids is 2. The standard InChI is InChI=1S/C20H26N4O4/c1-3-16-6-4-5-7-17(16)27-14-20(26)24-10-8-23(9-11-24)13-19(25)21-18-12-15(2)28-22-18/h4-7,12H,3,8-11,13-14H2,1-2H3,(H,21,22,25). The Morgan fingerprint density at radius 3 is 2.64 bits per heavy atom. The van der Waals surface area contributed by atoms with Gasteiger partial charge in [-0.05, 0) is 25.0 Å². The molecule has 8 nitrogen and oxygen atoms in total. The predicted molar refractivity (Wildman–Crippen MR) is 104 cm³/mol. The number of nitrogens with zero attached hydrogens (tertiary/aromatic N) is 3. The van der Waals surface area contributed by atoms with Crippen LogP contribution in [0.5, 0.6) is 5.75 Å². The molecule has 0 unspecified atom stereocenters. The average Bonchev–Trinajstić information content (AvgIpc) is 3.11. The maximum Gasteiger partial charge on any atom is 0.260 e. The highest BCUT2D eigenvalue weighted by Crippen LogP contribution is 2.18. The van der Waals surface area contributed by atoms with E-state index in [-0.39, 0.29) is 25.0 Å². The molecule has 1 aliphatic heterocycles. The van der Waals surface area contributed by atoms with Crippen molar-refractivity contribution in [2.24, 2.45) is 0 Å². The number of anilines is 1. The van der Waals surface area contributed by atoms with E-state index in [0.717, 1.165) is 17.7 Å². The van der Waals surface area contributed by atoms with Crippen LogP contribution in [0.4, 0.5) is 5.82 Å². The second-order valence-electron chi connectivity index (χ2n) is 6.78. The lowest BCUT2D eigenvalue weighted by Crippen LogP contribution is -2.51. The van der Waals surface area contributed by atoms with Gasteiger partial charge in [0.25, 0.3) is 5.91 Å². The molecule has 150 valence electrons. The summed E-state index contributed by atoms with van der Waals surface area (Å²) in [6.07, 6.45) is 0.860. The first-order chi connectivity index (χ1) is 13.5. The first kappa shape index (κ1) is 19.9. The molecule has 1 N–H and O–H groups in total. The Hall–Kier alpha value is -2.87. The molecule has 1 aromatic carbocycles. The Balaban J connectivity index is 1.40. The second kappa shape index (κ2) is 9.36. The summed E-state index contributed by atoms with van der Waals surface area (Å²) in [7, 11) is 0. The number of hydrogen-bond acceptors (Lipinski definition) is 6. The summed E-state index contributed by atoms with van der Waals surface area (Å²) < 4.78 is 10.6. The molecule has 0 bridgehead atoms. The molecule has 1 saturated heterocycles. The lowest BCUT2D eigenvalue weighted by molar-refractivity contribution is -0.135. The minimum absolute atomic E-state index is 0.0308. The number of piperazine rings is 1. The van der Waals surface area contributed by atoms with Gasteiger partial charge < -0.3 is 19.5 Å². The highest BCUT2D eigenvalue weighted by Gasteiger charge is 2.23. The number of aryl methyl sites for hydroxylation is 2. The molecule has 2 amide bonds. The van der Waals surface area contributed by atoms with E-state index >= 15 is 0 Å². The molecule has 0 radical (unpaired) electrons. The van der Waals surface area contributed by atoms with Crippen molar-refractivity contribution >= 4 is 17.6 Å². The number of ether oxygens (including phenoxy) is 1. The van der Waals surface area contributed by atoms with Gasteiger partial charge in [-0.2, -0.15) is 0 Å². The first-order valence-corrected chi connectivity index (χ1v) is 9.49. The van der Waals surface area contributed by atoms with E-state index in [0.29, 0.717) is 37.8 Å². The largest absolute Gasteiger partial charge is 0.483 e. The molecule has 0 saturated carbocycles. The minimum Gasteiger partial charge on any atom is -0.483 e. The van der Waals surface area contributed by atoms with Crippen LogP contribution in [0, 0.1) is 6.92 Å². The summed E-state index contributed by atoms with van der Waals surface area (Å²) in [6.45, 7) is 6.55. The molecule has 3 rings (SSSR count). The van der Waals surface area contributed by atoms with Gasteiger partial charge in [0.05, 0.1) is 6.54 Å². The Kier molecular flexibility index (Phi) is 6.65. The molecule has 2 aromatic rings. The zero-order valence-corrected chi connectivity index (χ0v) is 16.3. The van der Waals surface area contributed by atoms with E-state index in [1.807, 2.05) is 29.2 Å². The number of rotatable bonds is 7. The highest BCUT2D eigenvalue weighted by atomic mass is 16.5. The Labute approximate surface area is 164 Å². The summed E-state index contributed by atoms with van der Waals surface area (Å²) in [6, 6.07) is 9.43. The SMILES string of the molecule is CCc1ccccc1OCC(=O)N1CCN(CC(=O)Nc2cc(C)on2)CC1. The minimum atomic E-state index is -0.146. The first-order valence-electron chi connectivity index (χ1n) is 9.49. The fraction of sp³-hybridized carbons (Fsp3) is 0.450. The predicted octanol–water partition coefficient (Wildman–Crippen LogP) is 1.71. The van der Waals surface area contributed by atoms with E-state index < -0.39 is 0 Å². The number of amides is 2. The van der Waals surface area contributed by atoms with Gasteiger partial charge in [-0.1, -0.05) is 30.3 Å². The van der Waals surface area contributed by atoms with Crippen molar-refractivity contribution in [1.82, 2.24) is 15.0 Å². The van der Waals surface area contributed by atoms with Crippen LogP contribution in [0.2, 0.25) is 0 Å². The van der Waals surface area contributed by atoms with Crippen LogP contribution in [0.25, 0.3) is 0 Å². The van der Waals surface area contributed by atoms with Crippen molar-refractivity contribution in [2.75, 3.05) is 44.6 Å². The quantitative estimate of drug-likeness (QED) is 0.779. The number of nitrogens with one attached hydrogen (secondary N) is 1. The summed E-state index contributed by atoms with van der Waals surface area (Å²) in [5.41, 5.74) is 1.09. The zero-order chi connectivity index (χ0) is 19.9. The fourth-order valence-electron chi connectivity index (χ4n) is 3.13. The van der Waals surface area contributed by atoms with Gasteiger partial charge in [0.1, 0.15) is 11.5 Å². The molecule has 1 aliphatic rings. The molecule has 1 aromatic heterocycles. The van der Waals surface area contributed by atoms with Crippen molar-refractivity contribution in [3.63, 3.8) is 0 Å². The molecule has 28 heavy (non-hydrogen) atoms. The number of carbonyl (C=O) groups is 2. The topological polar surface area (TPSA) is 87.9 Å². The van der Waals surface area contributed by atoms with E-state index in [2.05, 4.69) is 17.4 Å². The molecule has 8 heteroatoms. The van der Waals surface area contributed by atoms with Crippen molar-refractivity contribution in [1.29, 1.82) is 0 Å². The van der Waals surface area contributed by atoms with Crippen molar-refractivity contribution < 1.29 is 18.8 Å². The van der Waals surface area contributed by atoms with Crippen LogP contribution >= 0.6 is 0 Å². The maximum atomic E-state index is 12.4. The Morgan fingerprint density at radius 1 is 1.21 bits per heavy atom. The van der Waals surface area contributed by atoms with E-state index in [4.69, 9.17) is 9.26 Å². The number of aromatic nitrogens is 1. The van der Waals surface area contributed by atoms with Crippen LogP contribution < -0.4 is 10.1 Å². The molecule has 0 atom stereocenters. The van der Waals surface area contributed by atoms with Crippen LogP contribution in [-0.2, 0) is 16.0 Å². The average molecular weight is 386 g/mol. The van der Waals surface area contributed by atoms with Crippen LogP contribution in [-0.4, -0.2) is 66.1 Å². The van der Waals surface area contributed by atoms with E-state index in [1.165, 1.54) is 0 Å². The number of benzene rings is 1. The van der Waals surface area contributed by atoms with Crippen LogP contribution in [0.3, 0.4) is 0 Å². The van der Waals surface area contributed by atoms with Crippen LogP contribution in [0.1, 0.15) is 18.2 Å².